The number of ether oxygens (including phenoxy) is 2. The van der Waals surface area contributed by atoms with Crippen molar-refractivity contribution in [2.75, 3.05) is 24.4 Å². The summed E-state index contributed by atoms with van der Waals surface area (Å²) >= 11 is 7.10. The van der Waals surface area contributed by atoms with E-state index in [1.165, 1.54) is 7.11 Å². The van der Waals surface area contributed by atoms with Gasteiger partial charge in [0, 0.05) is 11.8 Å². The first-order valence-corrected chi connectivity index (χ1v) is 10.9. The van der Waals surface area contributed by atoms with Crippen LogP contribution in [-0.4, -0.2) is 31.5 Å². The molecule has 0 fully saturated rings. The van der Waals surface area contributed by atoms with Gasteiger partial charge in [0.25, 0.3) is 11.8 Å². The molecule has 0 saturated carbocycles. The molecule has 2 aromatic carbocycles. The fourth-order valence-electron chi connectivity index (χ4n) is 2.97. The molecule has 0 aliphatic carbocycles. The van der Waals surface area contributed by atoms with E-state index in [0.29, 0.717) is 17.0 Å². The molecule has 0 aliphatic rings. The lowest BCUT2D eigenvalue weighted by Crippen LogP contribution is -2.15. The molecule has 166 valence electrons. The Labute approximate surface area is 194 Å². The summed E-state index contributed by atoms with van der Waals surface area (Å²) in [4.78, 5) is 38.6. The first-order chi connectivity index (χ1) is 15.3. The second-order valence-electron chi connectivity index (χ2n) is 6.60. The van der Waals surface area contributed by atoms with Gasteiger partial charge in [-0.3, -0.25) is 9.59 Å². The summed E-state index contributed by atoms with van der Waals surface area (Å²) in [5.74, 6) is -0.964. The van der Waals surface area contributed by atoms with Crippen LogP contribution in [0.15, 0.2) is 48.5 Å². The topological polar surface area (TPSA) is 93.7 Å². The molecule has 0 unspecified atom stereocenters. The van der Waals surface area contributed by atoms with Crippen LogP contribution in [0.3, 0.4) is 0 Å². The summed E-state index contributed by atoms with van der Waals surface area (Å²) in [5, 5.41) is 5.96. The second-order valence-corrected chi connectivity index (χ2v) is 8.03. The Kier molecular flexibility index (Phi) is 7.50. The lowest BCUT2D eigenvalue weighted by atomic mass is 10.1. The maximum Gasteiger partial charge on any atom is 0.341 e. The van der Waals surface area contributed by atoms with Gasteiger partial charge in [0.2, 0.25) is 0 Å². The number of benzene rings is 2. The van der Waals surface area contributed by atoms with Crippen LogP contribution in [0.4, 0.5) is 10.7 Å². The molecule has 0 saturated heterocycles. The van der Waals surface area contributed by atoms with Gasteiger partial charge >= 0.3 is 5.97 Å². The zero-order chi connectivity index (χ0) is 23.3. The summed E-state index contributed by atoms with van der Waals surface area (Å²) in [6.45, 7) is 3.46. The lowest BCUT2D eigenvalue weighted by molar-refractivity contribution is 0.0527. The van der Waals surface area contributed by atoms with Gasteiger partial charge in [-0.25, -0.2) is 4.79 Å². The highest BCUT2D eigenvalue weighted by molar-refractivity contribution is 7.19. The standard InChI is InChI=1S/C23H21ClN2O5S/c1-4-31-23(29)18-13(2)19(21(28)25-14-8-7-9-15(12-14)30-3)32-22(18)26-20(27)16-10-5-6-11-17(16)24/h5-12H,4H2,1-3H3,(H,25,28)(H,26,27). The van der Waals surface area contributed by atoms with Crippen molar-refractivity contribution in [1.29, 1.82) is 0 Å². The van der Waals surface area contributed by atoms with Crippen LogP contribution in [0.2, 0.25) is 5.02 Å². The number of anilines is 2. The molecule has 3 aromatic rings. The minimum absolute atomic E-state index is 0.132. The lowest BCUT2D eigenvalue weighted by Gasteiger charge is -2.08. The smallest absolute Gasteiger partial charge is 0.341 e. The van der Waals surface area contributed by atoms with Crippen LogP contribution in [-0.2, 0) is 4.74 Å². The number of hydrogen-bond donors (Lipinski definition) is 2. The Balaban J connectivity index is 1.95. The van der Waals surface area contributed by atoms with Gasteiger partial charge in [0.15, 0.2) is 0 Å². The van der Waals surface area contributed by atoms with E-state index in [-0.39, 0.29) is 32.6 Å². The van der Waals surface area contributed by atoms with E-state index in [4.69, 9.17) is 21.1 Å². The van der Waals surface area contributed by atoms with Crippen molar-refractivity contribution in [3.05, 3.63) is 75.1 Å². The van der Waals surface area contributed by atoms with E-state index < -0.39 is 17.8 Å². The third-order valence-corrected chi connectivity index (χ3v) is 6.04. The van der Waals surface area contributed by atoms with E-state index in [0.717, 1.165) is 11.3 Å². The molecule has 0 aliphatic heterocycles. The number of hydrogen-bond acceptors (Lipinski definition) is 6. The highest BCUT2D eigenvalue weighted by Gasteiger charge is 2.27. The van der Waals surface area contributed by atoms with Gasteiger partial charge in [-0.05, 0) is 43.7 Å². The molecule has 2 N–H and O–H groups in total. The second kappa shape index (κ2) is 10.3. The van der Waals surface area contributed by atoms with Crippen LogP contribution in [0.1, 0.15) is 42.9 Å². The zero-order valence-corrected chi connectivity index (χ0v) is 19.2. The third kappa shape index (κ3) is 5.09. The molecule has 9 heteroatoms. The SMILES string of the molecule is CCOC(=O)c1c(NC(=O)c2ccccc2Cl)sc(C(=O)Nc2cccc(OC)c2)c1C. The molecule has 3 rings (SSSR count). The quantitative estimate of drug-likeness (QED) is 0.449. The summed E-state index contributed by atoms with van der Waals surface area (Å²) in [6.07, 6.45) is 0. The number of methoxy groups -OCH3 is 1. The molecule has 0 radical (unpaired) electrons. The number of amides is 2. The number of halogens is 1. The fraction of sp³-hybridized carbons (Fsp3) is 0.174. The van der Waals surface area contributed by atoms with E-state index in [1.54, 1.807) is 62.4 Å². The molecule has 1 aromatic heterocycles. The summed E-state index contributed by atoms with van der Waals surface area (Å²) in [7, 11) is 1.53. The summed E-state index contributed by atoms with van der Waals surface area (Å²) in [6, 6.07) is 13.4. The minimum atomic E-state index is -0.629. The fourth-order valence-corrected chi connectivity index (χ4v) is 4.28. The molecule has 7 nitrogen and oxygen atoms in total. The van der Waals surface area contributed by atoms with Gasteiger partial charge in [-0.15, -0.1) is 11.3 Å². The van der Waals surface area contributed by atoms with Crippen molar-refractivity contribution in [1.82, 2.24) is 0 Å². The Hall–Kier alpha value is -3.36. The predicted octanol–water partition coefficient (Wildman–Crippen LogP) is 5.40. The van der Waals surface area contributed by atoms with Crippen LogP contribution in [0.25, 0.3) is 0 Å². The van der Waals surface area contributed by atoms with Crippen molar-refractivity contribution in [3.63, 3.8) is 0 Å². The zero-order valence-electron chi connectivity index (χ0n) is 17.7. The molecule has 0 bridgehead atoms. The first kappa shape index (κ1) is 23.3. The van der Waals surface area contributed by atoms with E-state index >= 15 is 0 Å². The highest BCUT2D eigenvalue weighted by Crippen LogP contribution is 2.35. The number of carbonyl (C=O) groups is 3. The van der Waals surface area contributed by atoms with Crippen LogP contribution in [0.5, 0.6) is 5.75 Å². The van der Waals surface area contributed by atoms with E-state index in [9.17, 15) is 14.4 Å². The average molecular weight is 473 g/mol. The van der Waals surface area contributed by atoms with Crippen LogP contribution in [0, 0.1) is 6.92 Å². The van der Waals surface area contributed by atoms with Gasteiger partial charge < -0.3 is 20.1 Å². The van der Waals surface area contributed by atoms with Crippen molar-refractivity contribution >= 4 is 51.4 Å². The Morgan fingerprint density at radius 2 is 1.78 bits per heavy atom. The molecule has 32 heavy (non-hydrogen) atoms. The Bertz CT molecular complexity index is 1170. The normalized spacial score (nSPS) is 10.4. The number of thiophene rings is 1. The van der Waals surface area contributed by atoms with Gasteiger partial charge in [-0.2, -0.15) is 0 Å². The molecular weight excluding hydrogens is 452 g/mol. The van der Waals surface area contributed by atoms with Crippen molar-refractivity contribution in [2.45, 2.75) is 13.8 Å². The largest absolute Gasteiger partial charge is 0.497 e. The van der Waals surface area contributed by atoms with Crippen LogP contribution < -0.4 is 15.4 Å². The number of nitrogens with one attached hydrogen (secondary N) is 2. The predicted molar refractivity (Wildman–Crippen MR) is 125 cm³/mol. The van der Waals surface area contributed by atoms with Gasteiger partial charge in [0.1, 0.15) is 10.8 Å². The number of rotatable bonds is 7. The highest BCUT2D eigenvalue weighted by atomic mass is 35.5. The maximum atomic E-state index is 13.0. The number of carbonyl (C=O) groups excluding carboxylic acids is 3. The summed E-state index contributed by atoms with van der Waals surface area (Å²) in [5.41, 5.74) is 1.32. The molecule has 1 heterocycles. The molecular formula is C23H21ClN2O5S. The summed E-state index contributed by atoms with van der Waals surface area (Å²) < 4.78 is 10.3. The number of esters is 1. The monoisotopic (exact) mass is 472 g/mol. The van der Waals surface area contributed by atoms with E-state index in [1.807, 2.05) is 0 Å². The van der Waals surface area contributed by atoms with Crippen LogP contribution >= 0.6 is 22.9 Å². The van der Waals surface area contributed by atoms with Gasteiger partial charge in [-0.1, -0.05) is 29.8 Å². The maximum absolute atomic E-state index is 13.0. The van der Waals surface area contributed by atoms with Crippen molar-refractivity contribution in [3.8, 4) is 5.75 Å². The molecule has 0 spiro atoms. The molecule has 2 amide bonds. The Morgan fingerprint density at radius 1 is 1.03 bits per heavy atom. The molecule has 0 atom stereocenters. The van der Waals surface area contributed by atoms with Gasteiger partial charge in [0.05, 0.1) is 34.7 Å². The average Bonchev–Trinajstić information content (AvgIpc) is 3.10. The first-order valence-electron chi connectivity index (χ1n) is 9.67. The minimum Gasteiger partial charge on any atom is -0.497 e. The third-order valence-electron chi connectivity index (χ3n) is 4.51. The van der Waals surface area contributed by atoms with Crippen molar-refractivity contribution < 1.29 is 23.9 Å². The van der Waals surface area contributed by atoms with Crippen molar-refractivity contribution in [2.24, 2.45) is 0 Å². The van der Waals surface area contributed by atoms with E-state index in [2.05, 4.69) is 10.6 Å². The Morgan fingerprint density at radius 3 is 2.47 bits per heavy atom.